The lowest BCUT2D eigenvalue weighted by molar-refractivity contribution is -0.178. The summed E-state index contributed by atoms with van der Waals surface area (Å²) in [5, 5.41) is 22.3. The third-order valence-electron chi connectivity index (χ3n) is 7.78. The van der Waals surface area contributed by atoms with Gasteiger partial charge in [0.1, 0.15) is 6.10 Å². The molecule has 6 rings (SSSR count). The maximum Gasteiger partial charge on any atom is 0.166 e. The quantitative estimate of drug-likeness (QED) is 0.813. The van der Waals surface area contributed by atoms with Crippen LogP contribution in [0.2, 0.25) is 0 Å². The molecule has 3 aliphatic carbocycles. The molecule has 1 spiro atoms. The molecule has 1 aromatic rings. The number of hydrogen-bond acceptors (Lipinski definition) is 4. The average molecular weight is 339 g/mol. The molecule has 2 heterocycles. The van der Waals surface area contributed by atoms with E-state index in [-0.39, 0.29) is 17.9 Å². The number of phenols is 1. The van der Waals surface area contributed by atoms with Gasteiger partial charge in [0.25, 0.3) is 0 Å². The van der Waals surface area contributed by atoms with Gasteiger partial charge in [-0.25, -0.2) is 0 Å². The Hall–Kier alpha value is -1.52. The molecule has 5 atom stereocenters. The summed E-state index contributed by atoms with van der Waals surface area (Å²) in [6.45, 7) is 7.44. The van der Waals surface area contributed by atoms with Crippen LogP contribution in [-0.2, 0) is 11.8 Å². The molecular weight excluding hydrogens is 314 g/mol. The van der Waals surface area contributed by atoms with Crippen LogP contribution in [0.5, 0.6) is 11.5 Å². The van der Waals surface area contributed by atoms with Crippen molar-refractivity contribution in [1.82, 2.24) is 4.90 Å². The highest BCUT2D eigenvalue weighted by molar-refractivity contribution is 5.63. The van der Waals surface area contributed by atoms with Gasteiger partial charge in [0, 0.05) is 24.2 Å². The molecule has 0 amide bonds. The highest BCUT2D eigenvalue weighted by atomic mass is 16.5. The first kappa shape index (κ1) is 14.6. The smallest absolute Gasteiger partial charge is 0.166 e. The molecule has 0 radical (unpaired) electrons. The number of ether oxygens (including phenoxy) is 1. The molecule has 2 aliphatic heterocycles. The summed E-state index contributed by atoms with van der Waals surface area (Å²) in [7, 11) is 0. The minimum absolute atomic E-state index is 0.119. The number of rotatable bonds is 2. The van der Waals surface area contributed by atoms with Crippen LogP contribution in [0.1, 0.15) is 43.7 Å². The number of nitrogens with zero attached hydrogens (tertiary/aromatic N) is 1. The van der Waals surface area contributed by atoms with Crippen LogP contribution >= 0.6 is 0 Å². The lowest BCUT2D eigenvalue weighted by atomic mass is 9.49. The fourth-order valence-electron chi connectivity index (χ4n) is 6.47. The normalized spacial score (nSPS) is 43.9. The Morgan fingerprint density at radius 2 is 2.12 bits per heavy atom. The van der Waals surface area contributed by atoms with Crippen LogP contribution in [0.25, 0.3) is 0 Å². The first-order valence-corrected chi connectivity index (χ1v) is 9.61. The molecular formula is C21H25NO3. The van der Waals surface area contributed by atoms with Crippen LogP contribution in [0.15, 0.2) is 24.3 Å². The average Bonchev–Trinajstić information content (AvgIpc) is 3.29. The van der Waals surface area contributed by atoms with E-state index >= 15 is 0 Å². The van der Waals surface area contributed by atoms with Crippen molar-refractivity contribution in [2.45, 2.75) is 68.2 Å². The molecule has 5 aliphatic rings. The number of phenolic OH excluding ortho intramolecular Hbond substituents is 1. The molecule has 132 valence electrons. The van der Waals surface area contributed by atoms with Gasteiger partial charge in [0.2, 0.25) is 0 Å². The van der Waals surface area contributed by atoms with Crippen molar-refractivity contribution in [2.24, 2.45) is 5.92 Å². The number of benzene rings is 1. The van der Waals surface area contributed by atoms with Gasteiger partial charge in [-0.1, -0.05) is 12.6 Å². The minimum atomic E-state index is -0.877. The lowest BCUT2D eigenvalue weighted by Crippen LogP contribution is -2.77. The maximum atomic E-state index is 11.9. The molecule has 25 heavy (non-hydrogen) atoms. The topological polar surface area (TPSA) is 52.9 Å². The van der Waals surface area contributed by atoms with E-state index in [4.69, 9.17) is 4.74 Å². The fraction of sp³-hybridized carbons (Fsp3) is 0.619. The number of aromatic hydroxyl groups is 1. The van der Waals surface area contributed by atoms with Crippen molar-refractivity contribution in [2.75, 3.05) is 6.54 Å². The molecule has 1 aromatic carbocycles. The largest absolute Gasteiger partial charge is 0.504 e. The summed E-state index contributed by atoms with van der Waals surface area (Å²) in [6.07, 6.45) is 5.11. The molecule has 3 bridgehead atoms. The first-order valence-electron chi connectivity index (χ1n) is 9.61. The second-order valence-corrected chi connectivity index (χ2v) is 9.15. The van der Waals surface area contributed by atoms with Gasteiger partial charge in [0.05, 0.1) is 11.0 Å². The molecule has 2 saturated carbocycles. The van der Waals surface area contributed by atoms with Gasteiger partial charge in [0.15, 0.2) is 11.5 Å². The van der Waals surface area contributed by atoms with Crippen LogP contribution in [-0.4, -0.2) is 45.4 Å². The van der Waals surface area contributed by atoms with Crippen molar-refractivity contribution >= 4 is 0 Å². The van der Waals surface area contributed by atoms with Crippen LogP contribution < -0.4 is 4.74 Å². The molecule has 1 saturated heterocycles. The van der Waals surface area contributed by atoms with E-state index in [1.165, 1.54) is 18.4 Å². The number of hydrogen-bond donors (Lipinski definition) is 2. The van der Waals surface area contributed by atoms with Crippen LogP contribution in [0, 0.1) is 5.92 Å². The Morgan fingerprint density at radius 3 is 2.88 bits per heavy atom. The minimum Gasteiger partial charge on any atom is -0.504 e. The second kappa shape index (κ2) is 4.24. The Bertz CT molecular complexity index is 812. The summed E-state index contributed by atoms with van der Waals surface area (Å²) in [5.74, 6) is 1.59. The number of fused-ring (bicyclic) bond motifs is 2. The number of piperidine rings is 1. The molecule has 0 aromatic heterocycles. The third kappa shape index (κ3) is 1.53. The Kier molecular flexibility index (Phi) is 2.48. The Morgan fingerprint density at radius 1 is 1.32 bits per heavy atom. The van der Waals surface area contributed by atoms with Crippen molar-refractivity contribution in [1.29, 1.82) is 0 Å². The van der Waals surface area contributed by atoms with E-state index in [2.05, 4.69) is 11.5 Å². The summed E-state index contributed by atoms with van der Waals surface area (Å²) in [4.78, 5) is 2.60. The molecule has 3 fully saturated rings. The monoisotopic (exact) mass is 339 g/mol. The van der Waals surface area contributed by atoms with Gasteiger partial charge >= 0.3 is 0 Å². The van der Waals surface area contributed by atoms with E-state index in [0.29, 0.717) is 11.8 Å². The number of aliphatic hydroxyl groups is 1. The third-order valence-corrected chi connectivity index (χ3v) is 7.78. The van der Waals surface area contributed by atoms with Gasteiger partial charge < -0.3 is 14.9 Å². The molecule has 4 heteroatoms. The van der Waals surface area contributed by atoms with Gasteiger partial charge in [-0.3, -0.25) is 4.90 Å². The maximum absolute atomic E-state index is 11.9. The summed E-state index contributed by atoms with van der Waals surface area (Å²) in [6, 6.07) is 4.34. The Balaban J connectivity index is 1.61. The van der Waals surface area contributed by atoms with Crippen molar-refractivity contribution in [3.05, 3.63) is 35.4 Å². The van der Waals surface area contributed by atoms with E-state index in [1.54, 1.807) is 6.07 Å². The van der Waals surface area contributed by atoms with Crippen molar-refractivity contribution < 1.29 is 14.9 Å². The second-order valence-electron chi connectivity index (χ2n) is 9.15. The zero-order valence-electron chi connectivity index (χ0n) is 14.7. The zero-order valence-corrected chi connectivity index (χ0v) is 14.7. The van der Waals surface area contributed by atoms with E-state index in [1.807, 2.05) is 13.0 Å². The predicted molar refractivity (Wildman–Crippen MR) is 93.9 cm³/mol. The lowest BCUT2D eigenvalue weighted by Gasteiger charge is -2.65. The van der Waals surface area contributed by atoms with E-state index in [9.17, 15) is 10.2 Å². The van der Waals surface area contributed by atoms with E-state index in [0.717, 1.165) is 42.9 Å². The van der Waals surface area contributed by atoms with Crippen LogP contribution in [0.3, 0.4) is 0 Å². The summed E-state index contributed by atoms with van der Waals surface area (Å²) < 4.78 is 6.27. The first-order chi connectivity index (χ1) is 11.9. The SMILES string of the molecule is C=C1C[C@H]2C[C@]34c5c(ccc(O)c5O[C@@H]13)C[C@@H](N2CC1CC1)[C@@]4(C)O. The van der Waals surface area contributed by atoms with Gasteiger partial charge in [-0.15, -0.1) is 0 Å². The predicted octanol–water partition coefficient (Wildman–Crippen LogP) is 2.51. The highest BCUT2D eigenvalue weighted by Gasteiger charge is 2.72. The molecule has 4 nitrogen and oxygen atoms in total. The standard InChI is InChI=1S/C21H25NO3/c1-11-7-14-9-21-17-13(5-6-15(23)18(17)25-19(11)21)8-16(20(21,2)24)22(14)10-12-3-4-12/h5-6,12,14,16,19,23-24H,1,3-4,7-10H2,2H3/t14-,16+,19-,20+,21-/m0/s1. The summed E-state index contributed by atoms with van der Waals surface area (Å²) in [5.41, 5.74) is 2.04. The Labute approximate surface area is 148 Å². The van der Waals surface area contributed by atoms with Crippen molar-refractivity contribution in [3.63, 3.8) is 0 Å². The number of likely N-dealkylation sites (tertiary alicyclic amines) is 1. The highest BCUT2D eigenvalue weighted by Crippen LogP contribution is 2.66. The van der Waals surface area contributed by atoms with Gasteiger partial charge in [-0.05, 0) is 62.1 Å². The van der Waals surface area contributed by atoms with Gasteiger partial charge in [-0.2, -0.15) is 0 Å². The fourth-order valence-corrected chi connectivity index (χ4v) is 6.47. The summed E-state index contributed by atoms with van der Waals surface area (Å²) >= 11 is 0. The molecule has 0 unspecified atom stereocenters. The zero-order chi connectivity index (χ0) is 17.1. The molecule has 2 N–H and O–H groups in total. The van der Waals surface area contributed by atoms with Crippen LogP contribution in [0.4, 0.5) is 0 Å². The van der Waals surface area contributed by atoms with Crippen molar-refractivity contribution in [3.8, 4) is 11.5 Å². The van der Waals surface area contributed by atoms with E-state index < -0.39 is 11.0 Å².